The third-order valence-corrected chi connectivity index (χ3v) is 4.21. The van der Waals surface area contributed by atoms with Gasteiger partial charge in [-0.3, -0.25) is 4.79 Å². The van der Waals surface area contributed by atoms with Crippen LogP contribution in [0.3, 0.4) is 0 Å². The number of fused-ring (bicyclic) bond motifs is 1. The van der Waals surface area contributed by atoms with Crippen molar-refractivity contribution in [1.82, 2.24) is 9.78 Å². The number of hydrogen-bond acceptors (Lipinski definition) is 3. The lowest BCUT2D eigenvalue weighted by Crippen LogP contribution is -2.24. The summed E-state index contributed by atoms with van der Waals surface area (Å²) in [5, 5.41) is 9.40. The number of aromatic nitrogens is 2. The lowest BCUT2D eigenvalue weighted by atomic mass is 9.93. The summed E-state index contributed by atoms with van der Waals surface area (Å²) in [6, 6.07) is 4.36. The number of nitrogens with one attached hydrogen (secondary N) is 1. The van der Waals surface area contributed by atoms with Crippen molar-refractivity contribution in [1.29, 1.82) is 0 Å². The summed E-state index contributed by atoms with van der Waals surface area (Å²) in [5.74, 6) is 1.09. The van der Waals surface area contributed by atoms with E-state index in [2.05, 4.69) is 30.3 Å². The fourth-order valence-corrected chi connectivity index (χ4v) is 3.22. The molecule has 18 heavy (non-hydrogen) atoms. The van der Waals surface area contributed by atoms with Gasteiger partial charge >= 0.3 is 0 Å². The molecule has 0 aliphatic carbocycles. The van der Waals surface area contributed by atoms with E-state index in [-0.39, 0.29) is 17.9 Å². The maximum atomic E-state index is 11.9. The van der Waals surface area contributed by atoms with Gasteiger partial charge in [-0.25, -0.2) is 4.68 Å². The Kier molecular flexibility index (Phi) is 2.70. The molecule has 1 aliphatic heterocycles. The van der Waals surface area contributed by atoms with Gasteiger partial charge in [-0.1, -0.05) is 6.07 Å². The second kappa shape index (κ2) is 4.24. The molecule has 94 valence electrons. The van der Waals surface area contributed by atoms with Gasteiger partial charge in [0.15, 0.2) is 0 Å². The zero-order valence-corrected chi connectivity index (χ0v) is 11.2. The fourth-order valence-electron chi connectivity index (χ4n) is 2.37. The third-order valence-electron chi connectivity index (χ3n) is 3.22. The van der Waals surface area contributed by atoms with Gasteiger partial charge < -0.3 is 5.32 Å². The molecule has 4 nitrogen and oxygen atoms in total. The average molecular weight is 261 g/mol. The molecule has 3 heterocycles. The Morgan fingerprint density at radius 2 is 2.39 bits per heavy atom. The summed E-state index contributed by atoms with van der Waals surface area (Å²) >= 11 is 1.70. The van der Waals surface area contributed by atoms with Crippen LogP contribution < -0.4 is 5.32 Å². The number of amides is 1. The minimum absolute atomic E-state index is 0.0725. The molecule has 0 saturated carbocycles. The third kappa shape index (κ3) is 1.75. The number of nitrogens with zero attached hydrogens (tertiary/aromatic N) is 2. The summed E-state index contributed by atoms with van der Waals surface area (Å²) in [6.07, 6.45) is 2.40. The predicted molar refractivity (Wildman–Crippen MR) is 72.0 cm³/mol. The number of anilines is 1. The van der Waals surface area contributed by atoms with Crippen molar-refractivity contribution in [2.45, 2.75) is 32.2 Å². The van der Waals surface area contributed by atoms with Gasteiger partial charge in [-0.15, -0.1) is 11.3 Å². The SMILES string of the molecule is CC(C)n1ncc2c1NC(=O)C[C@H]2c1cccs1. The second-order valence-corrected chi connectivity index (χ2v) is 5.79. The number of hydrogen-bond donors (Lipinski definition) is 1. The normalized spacial score (nSPS) is 18.8. The number of carbonyl (C=O) groups is 1. The van der Waals surface area contributed by atoms with E-state index >= 15 is 0 Å². The van der Waals surface area contributed by atoms with Gasteiger partial charge in [0, 0.05) is 28.8 Å². The van der Waals surface area contributed by atoms with Gasteiger partial charge in [-0.2, -0.15) is 5.10 Å². The maximum absolute atomic E-state index is 11.9. The van der Waals surface area contributed by atoms with Crippen molar-refractivity contribution in [3.05, 3.63) is 34.2 Å². The zero-order valence-electron chi connectivity index (χ0n) is 10.4. The molecule has 0 saturated heterocycles. The Morgan fingerprint density at radius 3 is 3.06 bits per heavy atom. The molecule has 3 rings (SSSR count). The van der Waals surface area contributed by atoms with Crippen molar-refractivity contribution in [3.8, 4) is 0 Å². The number of carbonyl (C=O) groups excluding carboxylic acids is 1. The van der Waals surface area contributed by atoms with Crippen LogP contribution in [0.4, 0.5) is 5.82 Å². The molecule has 0 fully saturated rings. The van der Waals surface area contributed by atoms with Gasteiger partial charge in [-0.05, 0) is 25.3 Å². The van der Waals surface area contributed by atoms with Gasteiger partial charge in [0.1, 0.15) is 5.82 Å². The predicted octanol–water partition coefficient (Wildman–Crippen LogP) is 3.00. The van der Waals surface area contributed by atoms with Crippen LogP contribution in [-0.4, -0.2) is 15.7 Å². The minimum atomic E-state index is 0.0725. The largest absolute Gasteiger partial charge is 0.311 e. The molecule has 1 N–H and O–H groups in total. The standard InChI is InChI=1S/C13H15N3OS/c1-8(2)16-13-10(7-14-16)9(6-12(17)15-13)11-4-3-5-18-11/h3-5,7-9H,6H2,1-2H3,(H,15,17)/t9-/m1/s1. The smallest absolute Gasteiger partial charge is 0.226 e. The van der Waals surface area contributed by atoms with Gasteiger partial charge in [0.25, 0.3) is 0 Å². The van der Waals surface area contributed by atoms with Crippen molar-refractivity contribution >= 4 is 23.1 Å². The summed E-state index contributed by atoms with van der Waals surface area (Å²) in [4.78, 5) is 13.1. The minimum Gasteiger partial charge on any atom is -0.311 e. The Bertz CT molecular complexity index is 571. The first-order chi connectivity index (χ1) is 8.66. The van der Waals surface area contributed by atoms with Crippen molar-refractivity contribution in [3.63, 3.8) is 0 Å². The fraction of sp³-hybridized carbons (Fsp3) is 0.385. The highest BCUT2D eigenvalue weighted by Crippen LogP contribution is 2.39. The van der Waals surface area contributed by atoms with Crippen LogP contribution in [0.2, 0.25) is 0 Å². The van der Waals surface area contributed by atoms with E-state index in [0.29, 0.717) is 6.42 Å². The van der Waals surface area contributed by atoms with Crippen LogP contribution >= 0.6 is 11.3 Å². The summed E-state index contributed by atoms with van der Waals surface area (Å²) in [7, 11) is 0. The molecule has 0 aromatic carbocycles. The van der Waals surface area contributed by atoms with Crippen LogP contribution in [0.1, 0.15) is 42.7 Å². The molecular formula is C13H15N3OS. The Morgan fingerprint density at radius 1 is 1.56 bits per heavy atom. The highest BCUT2D eigenvalue weighted by molar-refractivity contribution is 7.10. The summed E-state index contributed by atoms with van der Waals surface area (Å²) in [6.45, 7) is 4.13. The first-order valence-corrected chi connectivity index (χ1v) is 6.95. The quantitative estimate of drug-likeness (QED) is 0.903. The second-order valence-electron chi connectivity index (χ2n) is 4.81. The van der Waals surface area contributed by atoms with Gasteiger partial charge in [0.05, 0.1) is 6.20 Å². The first kappa shape index (κ1) is 11.5. The van der Waals surface area contributed by atoms with Crippen LogP contribution in [0, 0.1) is 0 Å². The topological polar surface area (TPSA) is 46.9 Å². The zero-order chi connectivity index (χ0) is 12.7. The molecule has 5 heteroatoms. The molecule has 1 aliphatic rings. The molecule has 0 radical (unpaired) electrons. The van der Waals surface area contributed by atoms with Crippen LogP contribution in [0.25, 0.3) is 0 Å². The molecule has 1 amide bonds. The molecule has 0 unspecified atom stereocenters. The van der Waals surface area contributed by atoms with Crippen molar-refractivity contribution < 1.29 is 4.79 Å². The lowest BCUT2D eigenvalue weighted by molar-refractivity contribution is -0.116. The van der Waals surface area contributed by atoms with E-state index in [4.69, 9.17) is 0 Å². The molecule has 0 bridgehead atoms. The van der Waals surface area contributed by atoms with E-state index in [0.717, 1.165) is 11.4 Å². The van der Waals surface area contributed by atoms with E-state index in [1.165, 1.54) is 4.88 Å². The summed E-state index contributed by atoms with van der Waals surface area (Å²) < 4.78 is 1.88. The maximum Gasteiger partial charge on any atom is 0.226 e. The molecule has 0 spiro atoms. The van der Waals surface area contributed by atoms with E-state index in [1.54, 1.807) is 11.3 Å². The summed E-state index contributed by atoms with van der Waals surface area (Å²) in [5.41, 5.74) is 1.13. The first-order valence-electron chi connectivity index (χ1n) is 6.07. The molecular weight excluding hydrogens is 246 g/mol. The number of thiophene rings is 1. The van der Waals surface area contributed by atoms with E-state index in [9.17, 15) is 4.79 Å². The van der Waals surface area contributed by atoms with Gasteiger partial charge in [0.2, 0.25) is 5.91 Å². The van der Waals surface area contributed by atoms with E-state index < -0.39 is 0 Å². The van der Waals surface area contributed by atoms with Crippen LogP contribution in [0.5, 0.6) is 0 Å². The highest BCUT2D eigenvalue weighted by Gasteiger charge is 2.30. The molecule has 2 aromatic heterocycles. The number of rotatable bonds is 2. The van der Waals surface area contributed by atoms with Crippen molar-refractivity contribution in [2.24, 2.45) is 0 Å². The van der Waals surface area contributed by atoms with Crippen molar-refractivity contribution in [2.75, 3.05) is 5.32 Å². The lowest BCUT2D eigenvalue weighted by Gasteiger charge is -2.23. The Balaban J connectivity index is 2.09. The molecule has 2 aromatic rings. The van der Waals surface area contributed by atoms with Crippen LogP contribution in [-0.2, 0) is 4.79 Å². The Hall–Kier alpha value is -1.62. The molecule has 1 atom stereocenters. The average Bonchev–Trinajstić information content (AvgIpc) is 2.96. The monoisotopic (exact) mass is 261 g/mol. The van der Waals surface area contributed by atoms with Crippen LogP contribution in [0.15, 0.2) is 23.7 Å². The highest BCUT2D eigenvalue weighted by atomic mass is 32.1. The Labute approximate surface area is 110 Å². The van der Waals surface area contributed by atoms with E-state index in [1.807, 2.05) is 22.3 Å².